The third-order valence-electron chi connectivity index (χ3n) is 7.93. The summed E-state index contributed by atoms with van der Waals surface area (Å²) in [6, 6.07) is 0. The highest BCUT2D eigenvalue weighted by atomic mass is 32.2. The third kappa shape index (κ3) is 3.99. The molecule has 160 valence electrons. The zero-order valence-corrected chi connectivity index (χ0v) is 18.3. The highest BCUT2D eigenvalue weighted by Crippen LogP contribution is 2.45. The van der Waals surface area contributed by atoms with Gasteiger partial charge >= 0.3 is 0 Å². The molecule has 1 amide bonds. The summed E-state index contributed by atoms with van der Waals surface area (Å²) in [5.74, 6) is 1.36. The Hall–Kier alpha value is -0.660. The first kappa shape index (κ1) is 20.6. The number of amides is 1. The van der Waals surface area contributed by atoms with Crippen LogP contribution in [0.4, 0.5) is 0 Å². The maximum Gasteiger partial charge on any atom is 0.222 e. The SMILES string of the molecule is CN1CCN(CC2CCS(=O)(=O)C23CN(C(=O)CCC2CCCCC2)C3)CC1. The third-order valence-corrected chi connectivity index (χ3v) is 10.5. The summed E-state index contributed by atoms with van der Waals surface area (Å²) >= 11 is 0. The Labute approximate surface area is 170 Å². The molecule has 1 spiro atoms. The minimum atomic E-state index is -3.09. The van der Waals surface area contributed by atoms with E-state index in [0.29, 0.717) is 31.2 Å². The molecular weight excluding hydrogens is 374 g/mol. The first-order chi connectivity index (χ1) is 13.4. The fourth-order valence-corrected chi connectivity index (χ4v) is 8.22. The lowest BCUT2D eigenvalue weighted by Crippen LogP contribution is -2.69. The standard InChI is InChI=1S/C21H37N3O3S/c1-22-10-12-23(13-11-22)15-19-9-14-28(26,27)21(19)16-24(17-21)20(25)8-7-18-5-3-2-4-6-18/h18-19H,2-17H2,1H3. The zero-order chi connectivity index (χ0) is 19.8. The highest BCUT2D eigenvalue weighted by Gasteiger charge is 2.62. The fourth-order valence-electron chi connectivity index (χ4n) is 5.81. The first-order valence-electron chi connectivity index (χ1n) is 11.3. The van der Waals surface area contributed by atoms with E-state index in [1.807, 2.05) is 4.90 Å². The molecule has 0 aromatic carbocycles. The van der Waals surface area contributed by atoms with E-state index in [9.17, 15) is 13.2 Å². The van der Waals surface area contributed by atoms with Crippen molar-refractivity contribution in [2.75, 3.05) is 58.6 Å². The van der Waals surface area contributed by atoms with Crippen molar-refractivity contribution in [3.8, 4) is 0 Å². The molecule has 0 N–H and O–H groups in total. The Morgan fingerprint density at radius 1 is 1.00 bits per heavy atom. The van der Waals surface area contributed by atoms with Gasteiger partial charge in [-0.2, -0.15) is 0 Å². The second kappa shape index (κ2) is 8.23. The lowest BCUT2D eigenvalue weighted by molar-refractivity contribution is -0.138. The molecule has 4 aliphatic rings. The van der Waals surface area contributed by atoms with Gasteiger partial charge in [-0.3, -0.25) is 4.79 Å². The Morgan fingerprint density at radius 2 is 1.68 bits per heavy atom. The molecule has 1 unspecified atom stereocenters. The molecule has 4 fully saturated rings. The van der Waals surface area contributed by atoms with Crippen LogP contribution in [0.3, 0.4) is 0 Å². The Balaban J connectivity index is 1.31. The normalized spacial score (nSPS) is 31.2. The first-order valence-corrected chi connectivity index (χ1v) is 13.0. The highest BCUT2D eigenvalue weighted by molar-refractivity contribution is 7.93. The number of hydrogen-bond acceptors (Lipinski definition) is 5. The van der Waals surface area contributed by atoms with E-state index < -0.39 is 14.6 Å². The largest absolute Gasteiger partial charge is 0.339 e. The van der Waals surface area contributed by atoms with Crippen molar-refractivity contribution in [3.05, 3.63) is 0 Å². The number of carbonyl (C=O) groups is 1. The lowest BCUT2D eigenvalue weighted by atomic mass is 9.82. The molecule has 1 atom stereocenters. The van der Waals surface area contributed by atoms with Crippen LogP contribution < -0.4 is 0 Å². The topological polar surface area (TPSA) is 60.9 Å². The van der Waals surface area contributed by atoms with Crippen LogP contribution in [0.2, 0.25) is 0 Å². The van der Waals surface area contributed by atoms with Gasteiger partial charge in [-0.1, -0.05) is 32.1 Å². The van der Waals surface area contributed by atoms with Gasteiger partial charge < -0.3 is 14.7 Å². The summed E-state index contributed by atoms with van der Waals surface area (Å²) in [7, 11) is -0.953. The van der Waals surface area contributed by atoms with Gasteiger partial charge in [0.1, 0.15) is 4.75 Å². The van der Waals surface area contributed by atoms with E-state index in [1.165, 1.54) is 32.1 Å². The maximum absolute atomic E-state index is 12.9. The average Bonchev–Trinajstić information content (AvgIpc) is 2.91. The maximum atomic E-state index is 12.9. The van der Waals surface area contributed by atoms with E-state index in [0.717, 1.165) is 45.6 Å². The minimum Gasteiger partial charge on any atom is -0.339 e. The smallest absolute Gasteiger partial charge is 0.222 e. The predicted molar refractivity (Wildman–Crippen MR) is 111 cm³/mol. The molecule has 3 saturated heterocycles. The molecule has 28 heavy (non-hydrogen) atoms. The van der Waals surface area contributed by atoms with Crippen molar-refractivity contribution >= 4 is 15.7 Å². The van der Waals surface area contributed by atoms with Crippen molar-refractivity contribution in [1.82, 2.24) is 14.7 Å². The summed E-state index contributed by atoms with van der Waals surface area (Å²) < 4.78 is 25.1. The number of hydrogen-bond donors (Lipinski definition) is 0. The van der Waals surface area contributed by atoms with Gasteiger partial charge in [-0.15, -0.1) is 0 Å². The number of likely N-dealkylation sites (tertiary alicyclic amines) is 1. The second-order valence-electron chi connectivity index (χ2n) is 9.77. The van der Waals surface area contributed by atoms with E-state index >= 15 is 0 Å². The fraction of sp³-hybridized carbons (Fsp3) is 0.952. The number of piperazine rings is 1. The number of sulfone groups is 1. The summed E-state index contributed by atoms with van der Waals surface area (Å²) in [4.78, 5) is 19.3. The lowest BCUT2D eigenvalue weighted by Gasteiger charge is -2.51. The van der Waals surface area contributed by atoms with Crippen molar-refractivity contribution in [3.63, 3.8) is 0 Å². The number of nitrogens with zero attached hydrogens (tertiary/aromatic N) is 3. The molecule has 7 heteroatoms. The molecular formula is C21H37N3O3S. The van der Waals surface area contributed by atoms with Crippen LogP contribution in [0.15, 0.2) is 0 Å². The summed E-state index contributed by atoms with van der Waals surface area (Å²) in [5, 5.41) is 0. The Bertz CT molecular complexity index is 660. The van der Waals surface area contributed by atoms with Gasteiger partial charge in [0.05, 0.1) is 5.75 Å². The van der Waals surface area contributed by atoms with Crippen molar-refractivity contribution in [2.45, 2.75) is 56.1 Å². The Kier molecular flexibility index (Phi) is 6.05. The van der Waals surface area contributed by atoms with Crippen LogP contribution >= 0.6 is 0 Å². The van der Waals surface area contributed by atoms with Crippen molar-refractivity contribution in [1.29, 1.82) is 0 Å². The summed E-state index contributed by atoms with van der Waals surface area (Å²) in [6.07, 6.45) is 8.82. The average molecular weight is 412 g/mol. The quantitative estimate of drug-likeness (QED) is 0.688. The molecule has 1 aliphatic carbocycles. The van der Waals surface area contributed by atoms with E-state index in [-0.39, 0.29) is 11.8 Å². The molecule has 3 aliphatic heterocycles. The van der Waals surface area contributed by atoms with E-state index in [1.54, 1.807) is 0 Å². The van der Waals surface area contributed by atoms with Gasteiger partial charge in [0.15, 0.2) is 9.84 Å². The van der Waals surface area contributed by atoms with Crippen LogP contribution in [0.1, 0.15) is 51.4 Å². The monoisotopic (exact) mass is 411 g/mol. The predicted octanol–water partition coefficient (Wildman–Crippen LogP) is 1.61. The molecule has 0 bridgehead atoms. The number of carbonyl (C=O) groups excluding carboxylic acids is 1. The van der Waals surface area contributed by atoms with Crippen LogP contribution in [0.25, 0.3) is 0 Å². The van der Waals surface area contributed by atoms with Gasteiger partial charge in [0.25, 0.3) is 0 Å². The summed E-state index contributed by atoms with van der Waals surface area (Å²) in [6.45, 7) is 5.91. The van der Waals surface area contributed by atoms with Gasteiger partial charge in [0, 0.05) is 52.2 Å². The van der Waals surface area contributed by atoms with Crippen LogP contribution in [-0.4, -0.2) is 92.4 Å². The molecule has 0 aromatic rings. The van der Waals surface area contributed by atoms with Crippen molar-refractivity contribution < 1.29 is 13.2 Å². The Morgan fingerprint density at radius 3 is 2.36 bits per heavy atom. The number of likely N-dealkylation sites (N-methyl/N-ethyl adjacent to an activating group) is 1. The zero-order valence-electron chi connectivity index (χ0n) is 17.4. The molecule has 3 heterocycles. The second-order valence-corrected chi connectivity index (χ2v) is 12.2. The van der Waals surface area contributed by atoms with Gasteiger partial charge in [-0.05, 0) is 31.7 Å². The van der Waals surface area contributed by atoms with Crippen LogP contribution in [0, 0.1) is 11.8 Å². The molecule has 6 nitrogen and oxygen atoms in total. The van der Waals surface area contributed by atoms with Gasteiger partial charge in [0.2, 0.25) is 5.91 Å². The minimum absolute atomic E-state index is 0.177. The van der Waals surface area contributed by atoms with E-state index in [2.05, 4.69) is 16.8 Å². The summed E-state index contributed by atoms with van der Waals surface area (Å²) in [5.41, 5.74) is 0. The van der Waals surface area contributed by atoms with Crippen molar-refractivity contribution in [2.24, 2.45) is 11.8 Å². The molecule has 1 saturated carbocycles. The molecule has 0 radical (unpaired) electrons. The van der Waals surface area contributed by atoms with Gasteiger partial charge in [-0.25, -0.2) is 8.42 Å². The van der Waals surface area contributed by atoms with Crippen LogP contribution in [-0.2, 0) is 14.6 Å². The van der Waals surface area contributed by atoms with E-state index in [4.69, 9.17) is 0 Å². The molecule has 0 aromatic heterocycles. The number of rotatable bonds is 5. The molecule has 4 rings (SSSR count). The van der Waals surface area contributed by atoms with Crippen LogP contribution in [0.5, 0.6) is 0 Å².